The van der Waals surface area contributed by atoms with Gasteiger partial charge < -0.3 is 25.8 Å². The standard InChI is InChI=1S/C32H44F2N4O5/c1-6-9-25-30(40)35-16-19(4)12-22-10-7-8-11-27(22)43-17-20(5)36-26(15-21-13-23(33)29(39)24(34)14-21)31(41)38-28(18(2)3)32(42)37-25/h7-8,10-11,13-14,18-20,25-26,28,36,39H,6,9,12,15-17H2,1-5H3,(H,35,40)(H,37,42)(H,38,41)/t19-,20-,25-,26+,28+/m0/s1. The van der Waals surface area contributed by atoms with Crippen LogP contribution < -0.4 is 26.0 Å². The normalized spacial score (nSPS) is 24.6. The van der Waals surface area contributed by atoms with Crippen molar-refractivity contribution >= 4 is 17.7 Å². The second kappa shape index (κ2) is 15.7. The van der Waals surface area contributed by atoms with Gasteiger partial charge in [0.15, 0.2) is 17.4 Å². The summed E-state index contributed by atoms with van der Waals surface area (Å²) in [6.07, 6.45) is 1.58. The van der Waals surface area contributed by atoms with E-state index in [1.54, 1.807) is 13.8 Å². The summed E-state index contributed by atoms with van der Waals surface area (Å²) in [5, 5.41) is 21.3. The number of fused-ring (bicyclic) bond motifs is 1. The SMILES string of the molecule is CCC[C@@H]1NC(=O)[C@@H](C(C)C)NC(=O)[C@@H](Cc2cc(F)c(O)c(F)c2)N[C@@H](C)COc2ccccc2C[C@H](C)CNC1=O. The topological polar surface area (TPSA) is 129 Å². The van der Waals surface area contributed by atoms with Gasteiger partial charge >= 0.3 is 0 Å². The summed E-state index contributed by atoms with van der Waals surface area (Å²) in [7, 11) is 0. The molecule has 5 atom stereocenters. The Morgan fingerprint density at radius 3 is 2.30 bits per heavy atom. The van der Waals surface area contributed by atoms with Gasteiger partial charge in [-0.2, -0.15) is 0 Å². The third kappa shape index (κ3) is 9.64. The molecule has 3 amide bonds. The van der Waals surface area contributed by atoms with E-state index in [0.29, 0.717) is 31.6 Å². The summed E-state index contributed by atoms with van der Waals surface area (Å²) < 4.78 is 34.4. The van der Waals surface area contributed by atoms with Crippen LogP contribution in [0.2, 0.25) is 0 Å². The molecule has 43 heavy (non-hydrogen) atoms. The lowest BCUT2D eigenvalue weighted by Gasteiger charge is -2.29. The zero-order valence-electron chi connectivity index (χ0n) is 25.5. The van der Waals surface area contributed by atoms with Gasteiger partial charge in [0, 0.05) is 12.6 Å². The van der Waals surface area contributed by atoms with E-state index in [0.717, 1.165) is 17.7 Å². The van der Waals surface area contributed by atoms with Crippen LogP contribution in [0.15, 0.2) is 36.4 Å². The highest BCUT2D eigenvalue weighted by Crippen LogP contribution is 2.23. The van der Waals surface area contributed by atoms with Gasteiger partial charge in [-0.05, 0) is 67.3 Å². The average molecular weight is 603 g/mol. The number of rotatable bonds is 5. The van der Waals surface area contributed by atoms with E-state index in [4.69, 9.17) is 4.74 Å². The Kier molecular flexibility index (Phi) is 12.3. The summed E-state index contributed by atoms with van der Waals surface area (Å²) in [5.74, 6) is -4.32. The Morgan fingerprint density at radius 1 is 0.977 bits per heavy atom. The Balaban J connectivity index is 1.96. The van der Waals surface area contributed by atoms with Gasteiger partial charge in [-0.25, -0.2) is 8.78 Å². The molecule has 2 aromatic rings. The van der Waals surface area contributed by atoms with Gasteiger partial charge in [0.2, 0.25) is 17.7 Å². The van der Waals surface area contributed by atoms with Crippen LogP contribution in [-0.2, 0) is 27.2 Å². The number of phenolic OH excluding ortho intramolecular Hbond substituents is 1. The van der Waals surface area contributed by atoms with Gasteiger partial charge in [0.05, 0.1) is 6.04 Å². The van der Waals surface area contributed by atoms with Gasteiger partial charge in [-0.15, -0.1) is 0 Å². The molecule has 0 fully saturated rings. The fourth-order valence-electron chi connectivity index (χ4n) is 5.07. The van der Waals surface area contributed by atoms with Crippen molar-refractivity contribution in [3.63, 3.8) is 0 Å². The largest absolute Gasteiger partial charge is 0.503 e. The van der Waals surface area contributed by atoms with Gasteiger partial charge in [-0.3, -0.25) is 19.7 Å². The third-order valence-electron chi connectivity index (χ3n) is 7.43. The number of benzene rings is 2. The number of carbonyl (C=O) groups is 3. The molecule has 1 aliphatic rings. The number of para-hydroxylation sites is 1. The minimum Gasteiger partial charge on any atom is -0.503 e. The van der Waals surface area contributed by atoms with Crippen molar-refractivity contribution in [2.75, 3.05) is 13.2 Å². The van der Waals surface area contributed by atoms with Crippen molar-refractivity contribution in [2.24, 2.45) is 11.8 Å². The molecule has 2 aromatic carbocycles. The highest BCUT2D eigenvalue weighted by molar-refractivity contribution is 5.93. The smallest absolute Gasteiger partial charge is 0.243 e. The van der Waals surface area contributed by atoms with Gasteiger partial charge in [-0.1, -0.05) is 52.3 Å². The van der Waals surface area contributed by atoms with E-state index in [1.165, 1.54) is 0 Å². The van der Waals surface area contributed by atoms with Crippen molar-refractivity contribution in [1.82, 2.24) is 21.3 Å². The average Bonchev–Trinajstić information content (AvgIpc) is 2.95. The second-order valence-electron chi connectivity index (χ2n) is 11.8. The molecule has 0 saturated carbocycles. The van der Waals surface area contributed by atoms with Crippen LogP contribution in [0.25, 0.3) is 0 Å². The molecule has 11 heteroatoms. The number of hydrogen-bond acceptors (Lipinski definition) is 6. The maximum Gasteiger partial charge on any atom is 0.243 e. The zero-order chi connectivity index (χ0) is 31.7. The van der Waals surface area contributed by atoms with E-state index in [9.17, 15) is 28.3 Å². The number of phenols is 1. The Hall–Kier alpha value is -3.73. The van der Waals surface area contributed by atoms with Crippen LogP contribution in [0.5, 0.6) is 11.5 Å². The quantitative estimate of drug-likeness (QED) is 0.357. The minimum absolute atomic E-state index is 0.0827. The van der Waals surface area contributed by atoms with Crippen LogP contribution in [0.3, 0.4) is 0 Å². The van der Waals surface area contributed by atoms with Crippen LogP contribution in [-0.4, -0.2) is 60.1 Å². The molecule has 1 heterocycles. The molecule has 0 radical (unpaired) electrons. The third-order valence-corrected chi connectivity index (χ3v) is 7.43. The summed E-state index contributed by atoms with van der Waals surface area (Å²) >= 11 is 0. The number of carbonyl (C=O) groups excluding carboxylic acids is 3. The summed E-state index contributed by atoms with van der Waals surface area (Å²) in [4.78, 5) is 40.2. The summed E-state index contributed by atoms with van der Waals surface area (Å²) in [5.41, 5.74) is 1.10. The lowest BCUT2D eigenvalue weighted by molar-refractivity contribution is -0.133. The van der Waals surface area contributed by atoms with Crippen molar-refractivity contribution in [3.05, 3.63) is 59.2 Å². The number of hydrogen-bond donors (Lipinski definition) is 5. The van der Waals surface area contributed by atoms with Crippen molar-refractivity contribution in [1.29, 1.82) is 0 Å². The highest BCUT2D eigenvalue weighted by atomic mass is 19.1. The predicted octanol–water partition coefficient (Wildman–Crippen LogP) is 3.37. The van der Waals surface area contributed by atoms with Crippen LogP contribution in [0.4, 0.5) is 8.78 Å². The lowest BCUT2D eigenvalue weighted by atomic mass is 9.99. The van der Waals surface area contributed by atoms with E-state index in [-0.39, 0.29) is 42.4 Å². The molecule has 9 nitrogen and oxygen atoms in total. The Labute approximate surface area is 252 Å². The fourth-order valence-corrected chi connectivity index (χ4v) is 5.07. The van der Waals surface area contributed by atoms with E-state index in [1.807, 2.05) is 45.0 Å². The van der Waals surface area contributed by atoms with E-state index < -0.39 is 47.3 Å². The Morgan fingerprint density at radius 2 is 1.65 bits per heavy atom. The van der Waals surface area contributed by atoms with Crippen molar-refractivity contribution < 1.29 is 33.0 Å². The van der Waals surface area contributed by atoms with Crippen molar-refractivity contribution in [3.8, 4) is 11.5 Å². The molecule has 0 aromatic heterocycles. The number of amides is 3. The van der Waals surface area contributed by atoms with Crippen LogP contribution >= 0.6 is 0 Å². The maximum atomic E-state index is 14.2. The maximum absolute atomic E-state index is 14.2. The highest BCUT2D eigenvalue weighted by Gasteiger charge is 2.32. The second-order valence-corrected chi connectivity index (χ2v) is 11.8. The molecule has 0 bridgehead atoms. The van der Waals surface area contributed by atoms with E-state index >= 15 is 0 Å². The van der Waals surface area contributed by atoms with Crippen LogP contribution in [0.1, 0.15) is 58.6 Å². The molecule has 236 valence electrons. The number of halogens is 2. The fraction of sp³-hybridized carbons (Fsp3) is 0.531. The lowest BCUT2D eigenvalue weighted by Crippen LogP contribution is -2.59. The van der Waals surface area contributed by atoms with Gasteiger partial charge in [0.1, 0.15) is 24.4 Å². The minimum atomic E-state index is -1.14. The van der Waals surface area contributed by atoms with Gasteiger partial charge in [0.25, 0.3) is 0 Å². The molecule has 3 rings (SSSR count). The molecular formula is C32H44F2N4O5. The molecular weight excluding hydrogens is 558 g/mol. The molecule has 0 spiro atoms. The monoisotopic (exact) mass is 602 g/mol. The van der Waals surface area contributed by atoms with E-state index in [2.05, 4.69) is 21.3 Å². The molecule has 0 aliphatic carbocycles. The first kappa shape index (κ1) is 33.8. The first-order valence-corrected chi connectivity index (χ1v) is 14.9. The first-order valence-electron chi connectivity index (χ1n) is 14.9. The number of nitrogens with one attached hydrogen (secondary N) is 4. The summed E-state index contributed by atoms with van der Waals surface area (Å²) in [6, 6.07) is 6.38. The molecule has 1 aliphatic heterocycles. The number of aromatic hydroxyl groups is 1. The summed E-state index contributed by atoms with van der Waals surface area (Å²) in [6.45, 7) is 9.89. The zero-order valence-corrected chi connectivity index (χ0v) is 25.5. The Bertz CT molecular complexity index is 1250. The predicted molar refractivity (Wildman–Crippen MR) is 160 cm³/mol. The molecule has 0 saturated heterocycles. The van der Waals surface area contributed by atoms with Crippen LogP contribution in [0, 0.1) is 23.5 Å². The molecule has 0 unspecified atom stereocenters. The van der Waals surface area contributed by atoms with Crippen molar-refractivity contribution in [2.45, 2.75) is 84.5 Å². The number of ether oxygens (including phenoxy) is 1. The molecule has 5 N–H and O–H groups in total. The first-order chi connectivity index (χ1) is 20.4.